The molecule has 2 heterocycles. The molecule has 0 saturated heterocycles. The zero-order valence-corrected chi connectivity index (χ0v) is 14.3. The normalized spacial score (nSPS) is 13.0. The van der Waals surface area contributed by atoms with Crippen LogP contribution in [-0.2, 0) is 5.88 Å². The monoisotopic (exact) mass is 318 g/mol. The van der Waals surface area contributed by atoms with E-state index >= 15 is 0 Å². The van der Waals surface area contributed by atoms with Gasteiger partial charge in [0.2, 0.25) is 0 Å². The third-order valence-electron chi connectivity index (χ3n) is 4.03. The summed E-state index contributed by atoms with van der Waals surface area (Å²) in [5, 5.41) is 0. The average molecular weight is 319 g/mol. The lowest BCUT2D eigenvalue weighted by molar-refractivity contribution is 0.633. The zero-order valence-electron chi connectivity index (χ0n) is 12.8. The van der Waals surface area contributed by atoms with Crippen LogP contribution in [0.5, 0.6) is 0 Å². The van der Waals surface area contributed by atoms with E-state index in [1.807, 2.05) is 11.3 Å². The molecule has 21 heavy (non-hydrogen) atoms. The second-order valence-corrected chi connectivity index (χ2v) is 7.25. The van der Waals surface area contributed by atoms with Gasteiger partial charge in [-0.15, -0.1) is 22.9 Å². The van der Waals surface area contributed by atoms with Crippen molar-refractivity contribution in [1.29, 1.82) is 0 Å². The van der Waals surface area contributed by atoms with Crippen molar-refractivity contribution in [3.05, 3.63) is 51.0 Å². The lowest BCUT2D eigenvalue weighted by Crippen LogP contribution is -2.10. The number of thiophene rings is 1. The maximum atomic E-state index is 6.15. The Morgan fingerprint density at radius 3 is 2.67 bits per heavy atom. The molecule has 0 bridgehead atoms. The number of para-hydroxylation sites is 1. The van der Waals surface area contributed by atoms with Crippen LogP contribution in [0.4, 0.5) is 0 Å². The number of benzene rings is 1. The predicted octanol–water partition coefficient (Wildman–Crippen LogP) is 5.37. The lowest BCUT2D eigenvalue weighted by atomic mass is 10.1. The molecule has 1 unspecified atom stereocenters. The minimum atomic E-state index is 0.246. The number of alkyl halides is 1. The van der Waals surface area contributed by atoms with Gasteiger partial charge in [0.05, 0.1) is 23.0 Å². The Labute approximate surface area is 134 Å². The van der Waals surface area contributed by atoms with Crippen LogP contribution in [0.3, 0.4) is 0 Å². The highest BCUT2D eigenvalue weighted by molar-refractivity contribution is 7.12. The van der Waals surface area contributed by atoms with Crippen molar-refractivity contribution in [2.75, 3.05) is 0 Å². The summed E-state index contributed by atoms with van der Waals surface area (Å²) in [4.78, 5) is 7.47. The molecule has 4 heteroatoms. The molecule has 0 aliphatic carbocycles. The third kappa shape index (κ3) is 2.39. The van der Waals surface area contributed by atoms with Crippen LogP contribution in [0.15, 0.2) is 24.3 Å². The summed E-state index contributed by atoms with van der Waals surface area (Å²) in [6.45, 7) is 8.68. The van der Waals surface area contributed by atoms with E-state index in [4.69, 9.17) is 16.6 Å². The molecule has 0 amide bonds. The van der Waals surface area contributed by atoms with E-state index in [0.717, 1.165) is 11.3 Å². The standard InChI is InChI=1S/C17H19ClN2S/c1-10-6-5-7-15-17(10)19-16(9-18)20(15)12(3)14-8-11(2)21-13(14)4/h5-8,12H,9H2,1-4H3. The van der Waals surface area contributed by atoms with Gasteiger partial charge in [-0.3, -0.25) is 0 Å². The predicted molar refractivity (Wildman–Crippen MR) is 91.6 cm³/mol. The largest absolute Gasteiger partial charge is 0.320 e. The summed E-state index contributed by atoms with van der Waals surface area (Å²) < 4.78 is 2.28. The van der Waals surface area contributed by atoms with Gasteiger partial charge in [-0.25, -0.2) is 4.98 Å². The third-order valence-corrected chi connectivity index (χ3v) is 5.25. The van der Waals surface area contributed by atoms with Crippen LogP contribution in [0.2, 0.25) is 0 Å². The summed E-state index contributed by atoms with van der Waals surface area (Å²) in [6, 6.07) is 8.85. The number of imidazole rings is 1. The average Bonchev–Trinajstić information content (AvgIpc) is 2.99. The van der Waals surface area contributed by atoms with E-state index in [1.165, 1.54) is 26.4 Å². The summed E-state index contributed by atoms with van der Waals surface area (Å²) in [5.41, 5.74) is 4.79. The first-order chi connectivity index (χ1) is 10.0. The minimum Gasteiger partial charge on any atom is -0.320 e. The topological polar surface area (TPSA) is 17.8 Å². The summed E-state index contributed by atoms with van der Waals surface area (Å²) in [5.74, 6) is 1.37. The molecule has 3 rings (SSSR count). The van der Waals surface area contributed by atoms with Crippen LogP contribution in [0, 0.1) is 20.8 Å². The fourth-order valence-electron chi connectivity index (χ4n) is 3.04. The highest BCUT2D eigenvalue weighted by atomic mass is 35.5. The van der Waals surface area contributed by atoms with Crippen molar-refractivity contribution in [1.82, 2.24) is 9.55 Å². The number of nitrogens with zero attached hydrogens (tertiary/aromatic N) is 2. The van der Waals surface area contributed by atoms with Gasteiger partial charge in [0.15, 0.2) is 0 Å². The van der Waals surface area contributed by atoms with Crippen molar-refractivity contribution in [3.63, 3.8) is 0 Å². The number of halogens is 1. The van der Waals surface area contributed by atoms with Crippen LogP contribution in [-0.4, -0.2) is 9.55 Å². The Hall–Kier alpha value is -1.32. The molecular formula is C17H19ClN2S. The number of aromatic nitrogens is 2. The molecule has 3 aromatic rings. The van der Waals surface area contributed by atoms with Gasteiger partial charge in [-0.1, -0.05) is 12.1 Å². The highest BCUT2D eigenvalue weighted by Gasteiger charge is 2.19. The van der Waals surface area contributed by atoms with Gasteiger partial charge in [-0.05, 0) is 51.0 Å². The summed E-state index contributed by atoms with van der Waals surface area (Å²) >= 11 is 8.00. The first-order valence-corrected chi connectivity index (χ1v) is 8.47. The van der Waals surface area contributed by atoms with Crippen molar-refractivity contribution < 1.29 is 0 Å². The number of rotatable bonds is 3. The highest BCUT2D eigenvalue weighted by Crippen LogP contribution is 2.33. The summed E-state index contributed by atoms with van der Waals surface area (Å²) in [7, 11) is 0. The molecule has 0 aliphatic rings. The molecule has 1 aromatic carbocycles. The fourth-order valence-corrected chi connectivity index (χ4v) is 4.24. The van der Waals surface area contributed by atoms with E-state index in [1.54, 1.807) is 0 Å². The van der Waals surface area contributed by atoms with E-state index < -0.39 is 0 Å². The smallest absolute Gasteiger partial charge is 0.125 e. The fraction of sp³-hybridized carbons (Fsp3) is 0.353. The van der Waals surface area contributed by atoms with Gasteiger partial charge >= 0.3 is 0 Å². The maximum Gasteiger partial charge on any atom is 0.125 e. The van der Waals surface area contributed by atoms with E-state index in [0.29, 0.717) is 5.88 Å². The molecule has 2 aromatic heterocycles. The Morgan fingerprint density at radius 1 is 1.29 bits per heavy atom. The molecular weight excluding hydrogens is 300 g/mol. The molecule has 0 spiro atoms. The van der Waals surface area contributed by atoms with E-state index in [-0.39, 0.29) is 6.04 Å². The molecule has 0 aliphatic heterocycles. The Kier molecular flexibility index (Phi) is 3.80. The minimum absolute atomic E-state index is 0.246. The van der Waals surface area contributed by atoms with Crippen LogP contribution in [0.1, 0.15) is 39.7 Å². The molecule has 110 valence electrons. The Bertz CT molecular complexity index is 801. The van der Waals surface area contributed by atoms with E-state index in [9.17, 15) is 0 Å². The van der Waals surface area contributed by atoms with Crippen LogP contribution in [0.25, 0.3) is 11.0 Å². The van der Waals surface area contributed by atoms with Gasteiger partial charge in [-0.2, -0.15) is 0 Å². The van der Waals surface area contributed by atoms with Gasteiger partial charge in [0.25, 0.3) is 0 Å². The van der Waals surface area contributed by atoms with Crippen LogP contribution < -0.4 is 0 Å². The van der Waals surface area contributed by atoms with Crippen molar-refractivity contribution in [3.8, 4) is 0 Å². The zero-order chi connectivity index (χ0) is 15.1. The Balaban J connectivity index is 2.23. The molecule has 0 N–H and O–H groups in total. The lowest BCUT2D eigenvalue weighted by Gasteiger charge is -2.17. The second-order valence-electron chi connectivity index (χ2n) is 5.52. The number of fused-ring (bicyclic) bond motifs is 1. The number of hydrogen-bond donors (Lipinski definition) is 0. The number of hydrogen-bond acceptors (Lipinski definition) is 2. The quantitative estimate of drug-likeness (QED) is 0.593. The van der Waals surface area contributed by atoms with Crippen molar-refractivity contribution >= 4 is 34.0 Å². The second kappa shape index (κ2) is 5.47. The molecule has 0 fully saturated rings. The number of aryl methyl sites for hydroxylation is 3. The molecule has 0 radical (unpaired) electrons. The first-order valence-electron chi connectivity index (χ1n) is 7.12. The van der Waals surface area contributed by atoms with Gasteiger partial charge < -0.3 is 4.57 Å². The summed E-state index contributed by atoms with van der Waals surface area (Å²) in [6.07, 6.45) is 0. The maximum absolute atomic E-state index is 6.15. The van der Waals surface area contributed by atoms with E-state index in [2.05, 4.69) is 56.5 Å². The van der Waals surface area contributed by atoms with Crippen molar-refractivity contribution in [2.24, 2.45) is 0 Å². The molecule has 0 saturated carbocycles. The molecule has 1 atom stereocenters. The first kappa shape index (κ1) is 14.6. The SMILES string of the molecule is Cc1cc(C(C)n2c(CCl)nc3c(C)cccc32)c(C)s1. The Morgan fingerprint density at radius 2 is 2.05 bits per heavy atom. The molecule has 2 nitrogen and oxygen atoms in total. The van der Waals surface area contributed by atoms with Crippen LogP contribution >= 0.6 is 22.9 Å². The van der Waals surface area contributed by atoms with Gasteiger partial charge in [0.1, 0.15) is 5.82 Å². The van der Waals surface area contributed by atoms with Crippen molar-refractivity contribution in [2.45, 2.75) is 39.6 Å². The van der Waals surface area contributed by atoms with Gasteiger partial charge in [0, 0.05) is 9.75 Å².